The maximum absolute atomic E-state index is 5.92. The van der Waals surface area contributed by atoms with Gasteiger partial charge in [-0.25, -0.2) is 4.98 Å². The molecule has 3 nitrogen and oxygen atoms in total. The number of benzene rings is 1. The number of halogens is 1. The zero-order chi connectivity index (χ0) is 12.1. The Bertz CT molecular complexity index is 487. The number of anilines is 1. The van der Waals surface area contributed by atoms with Crippen molar-refractivity contribution in [2.75, 3.05) is 11.9 Å². The zero-order valence-corrected chi connectivity index (χ0v) is 11.7. The number of thioether (sulfide) groups is 1. The molecule has 0 saturated carbocycles. The highest BCUT2D eigenvalue weighted by Gasteiger charge is 2.04. The summed E-state index contributed by atoms with van der Waals surface area (Å²) in [5, 5.41) is 4.79. The molecule has 90 valence electrons. The Morgan fingerprint density at radius 1 is 1.47 bits per heavy atom. The van der Waals surface area contributed by atoms with Crippen LogP contribution in [0.4, 0.5) is 5.13 Å². The first-order chi connectivity index (χ1) is 8.28. The van der Waals surface area contributed by atoms with E-state index in [1.165, 1.54) is 11.5 Å². The Balaban J connectivity index is 1.93. The molecular weight excluding hydrogens is 274 g/mol. The van der Waals surface area contributed by atoms with E-state index in [0.717, 1.165) is 33.2 Å². The maximum atomic E-state index is 5.92. The van der Waals surface area contributed by atoms with Crippen molar-refractivity contribution in [1.29, 1.82) is 0 Å². The number of rotatable bonds is 5. The summed E-state index contributed by atoms with van der Waals surface area (Å²) < 4.78 is 4.29. The lowest BCUT2D eigenvalue weighted by atomic mass is 10.4. The molecule has 0 aliphatic heterocycles. The first-order valence-corrected chi connectivity index (χ1v) is 7.36. The van der Waals surface area contributed by atoms with Gasteiger partial charge in [-0.3, -0.25) is 0 Å². The van der Waals surface area contributed by atoms with Crippen LogP contribution in [0.1, 0.15) is 12.7 Å². The van der Waals surface area contributed by atoms with Crippen molar-refractivity contribution in [2.45, 2.75) is 17.6 Å². The molecule has 0 saturated heterocycles. The minimum absolute atomic E-state index is 0.759. The predicted octanol–water partition coefficient (Wildman–Crippen LogP) is 3.92. The SMILES string of the molecule is CCNc1nc(CSc2cccc(Cl)c2)ns1. The molecular formula is C11H12ClN3S2. The van der Waals surface area contributed by atoms with E-state index in [0.29, 0.717) is 0 Å². The van der Waals surface area contributed by atoms with E-state index >= 15 is 0 Å². The minimum atomic E-state index is 0.759. The molecule has 2 aromatic rings. The molecule has 0 aliphatic rings. The molecule has 17 heavy (non-hydrogen) atoms. The smallest absolute Gasteiger partial charge is 0.202 e. The molecule has 0 fully saturated rings. The lowest BCUT2D eigenvalue weighted by Gasteiger charge is -1.99. The lowest BCUT2D eigenvalue weighted by Crippen LogP contribution is -1.95. The second-order valence-corrected chi connectivity index (χ2v) is 5.53. The first-order valence-electron chi connectivity index (χ1n) is 5.22. The van der Waals surface area contributed by atoms with Crippen molar-refractivity contribution in [3.05, 3.63) is 35.1 Å². The van der Waals surface area contributed by atoms with Crippen LogP contribution in [0.3, 0.4) is 0 Å². The molecule has 0 radical (unpaired) electrons. The first kappa shape index (κ1) is 12.7. The third-order valence-electron chi connectivity index (χ3n) is 1.96. The maximum Gasteiger partial charge on any atom is 0.202 e. The van der Waals surface area contributed by atoms with Crippen LogP contribution in [-0.4, -0.2) is 15.9 Å². The quantitative estimate of drug-likeness (QED) is 0.845. The van der Waals surface area contributed by atoms with E-state index in [1.807, 2.05) is 31.2 Å². The molecule has 0 bridgehead atoms. The highest BCUT2D eigenvalue weighted by atomic mass is 35.5. The number of nitrogens with zero attached hydrogens (tertiary/aromatic N) is 2. The van der Waals surface area contributed by atoms with Crippen molar-refractivity contribution >= 4 is 40.0 Å². The highest BCUT2D eigenvalue weighted by molar-refractivity contribution is 7.98. The van der Waals surface area contributed by atoms with Crippen molar-refractivity contribution in [2.24, 2.45) is 0 Å². The fourth-order valence-electron chi connectivity index (χ4n) is 1.24. The van der Waals surface area contributed by atoms with Crippen LogP contribution in [0.25, 0.3) is 0 Å². The van der Waals surface area contributed by atoms with Crippen LogP contribution < -0.4 is 5.32 Å². The Labute approximate surface area is 114 Å². The number of hydrogen-bond donors (Lipinski definition) is 1. The average Bonchev–Trinajstić information content (AvgIpc) is 2.75. The van der Waals surface area contributed by atoms with Gasteiger partial charge in [-0.2, -0.15) is 4.37 Å². The third kappa shape index (κ3) is 3.87. The van der Waals surface area contributed by atoms with Gasteiger partial charge in [0.15, 0.2) is 5.82 Å². The fourth-order valence-corrected chi connectivity index (χ4v) is 3.04. The van der Waals surface area contributed by atoms with Gasteiger partial charge < -0.3 is 5.32 Å². The Kier molecular flexibility index (Phi) is 4.65. The van der Waals surface area contributed by atoms with Crippen molar-refractivity contribution in [3.63, 3.8) is 0 Å². The van der Waals surface area contributed by atoms with Crippen molar-refractivity contribution < 1.29 is 0 Å². The zero-order valence-electron chi connectivity index (χ0n) is 9.31. The molecule has 0 atom stereocenters. The molecule has 2 rings (SSSR count). The van der Waals surface area contributed by atoms with E-state index in [9.17, 15) is 0 Å². The highest BCUT2D eigenvalue weighted by Crippen LogP contribution is 2.25. The molecule has 0 unspecified atom stereocenters. The standard InChI is InChI=1S/C11H12ClN3S2/c1-2-13-11-14-10(15-17-11)7-16-9-5-3-4-8(12)6-9/h3-6H,2,7H2,1H3,(H,13,14,15). The van der Waals surface area contributed by atoms with Crippen LogP contribution >= 0.6 is 34.9 Å². The van der Waals surface area contributed by atoms with Gasteiger partial charge in [0, 0.05) is 28.0 Å². The summed E-state index contributed by atoms with van der Waals surface area (Å²) in [7, 11) is 0. The monoisotopic (exact) mass is 285 g/mol. The topological polar surface area (TPSA) is 37.8 Å². The van der Waals surface area contributed by atoms with Gasteiger partial charge in [-0.05, 0) is 25.1 Å². The van der Waals surface area contributed by atoms with Crippen molar-refractivity contribution in [3.8, 4) is 0 Å². The van der Waals surface area contributed by atoms with E-state index < -0.39 is 0 Å². The van der Waals surface area contributed by atoms with E-state index in [4.69, 9.17) is 11.6 Å². The molecule has 1 aromatic heterocycles. The molecule has 0 aliphatic carbocycles. The van der Waals surface area contributed by atoms with Gasteiger partial charge in [0.2, 0.25) is 5.13 Å². The van der Waals surface area contributed by atoms with Crippen molar-refractivity contribution in [1.82, 2.24) is 9.36 Å². The Morgan fingerprint density at radius 3 is 3.12 bits per heavy atom. The van der Waals surface area contributed by atoms with Gasteiger partial charge in [-0.1, -0.05) is 17.7 Å². The summed E-state index contributed by atoms with van der Waals surface area (Å²) in [6.45, 7) is 2.91. The van der Waals surface area contributed by atoms with E-state index in [1.54, 1.807) is 11.8 Å². The van der Waals surface area contributed by atoms with Gasteiger partial charge in [0.05, 0.1) is 5.75 Å². The fraction of sp³-hybridized carbons (Fsp3) is 0.273. The summed E-state index contributed by atoms with van der Waals surface area (Å²) in [6, 6.07) is 7.80. The summed E-state index contributed by atoms with van der Waals surface area (Å²) in [6.07, 6.45) is 0. The van der Waals surface area contributed by atoms with E-state index in [-0.39, 0.29) is 0 Å². The van der Waals surface area contributed by atoms with Crippen LogP contribution in [-0.2, 0) is 5.75 Å². The van der Waals surface area contributed by atoms with Gasteiger partial charge in [-0.15, -0.1) is 11.8 Å². The molecule has 1 heterocycles. The molecule has 0 amide bonds. The summed E-state index contributed by atoms with van der Waals surface area (Å²) >= 11 is 9.01. The van der Waals surface area contributed by atoms with Crippen LogP contribution in [0.2, 0.25) is 5.02 Å². The van der Waals surface area contributed by atoms with E-state index in [2.05, 4.69) is 14.7 Å². The molecule has 6 heteroatoms. The Morgan fingerprint density at radius 2 is 2.35 bits per heavy atom. The average molecular weight is 286 g/mol. The second-order valence-electron chi connectivity index (χ2n) is 3.29. The predicted molar refractivity (Wildman–Crippen MR) is 75.1 cm³/mol. The minimum Gasteiger partial charge on any atom is -0.361 e. The number of aromatic nitrogens is 2. The summed E-state index contributed by atoms with van der Waals surface area (Å²) in [4.78, 5) is 5.52. The van der Waals surface area contributed by atoms with Gasteiger partial charge in [0.25, 0.3) is 0 Å². The lowest BCUT2D eigenvalue weighted by molar-refractivity contribution is 1.11. The summed E-state index contributed by atoms with van der Waals surface area (Å²) in [5.41, 5.74) is 0. The summed E-state index contributed by atoms with van der Waals surface area (Å²) in [5.74, 6) is 1.62. The molecule has 1 N–H and O–H groups in total. The largest absolute Gasteiger partial charge is 0.361 e. The molecule has 1 aromatic carbocycles. The Hall–Kier alpha value is -0.780. The van der Waals surface area contributed by atoms with Crippen LogP contribution in [0.15, 0.2) is 29.2 Å². The van der Waals surface area contributed by atoms with Gasteiger partial charge in [0.1, 0.15) is 0 Å². The molecule has 0 spiro atoms. The van der Waals surface area contributed by atoms with Crippen LogP contribution in [0.5, 0.6) is 0 Å². The number of hydrogen-bond acceptors (Lipinski definition) is 5. The third-order valence-corrected chi connectivity index (χ3v) is 3.90. The second kappa shape index (κ2) is 6.23. The van der Waals surface area contributed by atoms with Crippen LogP contribution in [0, 0.1) is 0 Å². The number of nitrogens with one attached hydrogen (secondary N) is 1. The normalized spacial score (nSPS) is 10.5. The van der Waals surface area contributed by atoms with Gasteiger partial charge >= 0.3 is 0 Å².